The van der Waals surface area contributed by atoms with E-state index in [2.05, 4.69) is 25.6 Å². The number of aromatic nitrogens is 3. The number of pyridine rings is 1. The van der Waals surface area contributed by atoms with E-state index in [1.165, 1.54) is 12.5 Å². The van der Waals surface area contributed by atoms with Crippen molar-refractivity contribution in [2.45, 2.75) is 0 Å². The number of nitrogens with one attached hydrogen (secondary N) is 2. The van der Waals surface area contributed by atoms with Gasteiger partial charge in [0.1, 0.15) is 23.6 Å². The second-order valence-electron chi connectivity index (χ2n) is 4.80. The average Bonchev–Trinajstić information content (AvgIpc) is 2.61. The number of rotatable bonds is 5. The molecule has 24 heavy (non-hydrogen) atoms. The van der Waals surface area contributed by atoms with E-state index in [0.29, 0.717) is 33.9 Å². The molecule has 8 heteroatoms. The molecule has 4 N–H and O–H groups in total. The van der Waals surface area contributed by atoms with Gasteiger partial charge in [-0.2, -0.15) is 0 Å². The molecule has 122 valence electrons. The molecule has 1 aromatic carbocycles. The van der Waals surface area contributed by atoms with Gasteiger partial charge in [0.15, 0.2) is 11.6 Å². The zero-order valence-corrected chi connectivity index (χ0v) is 13.6. The van der Waals surface area contributed by atoms with E-state index in [-0.39, 0.29) is 0 Å². The van der Waals surface area contributed by atoms with Gasteiger partial charge in [0, 0.05) is 6.20 Å². The molecular formula is C16H15ClN6O. The molecule has 0 unspecified atom stereocenters. The molecule has 0 saturated carbocycles. The first-order valence-corrected chi connectivity index (χ1v) is 7.44. The summed E-state index contributed by atoms with van der Waals surface area (Å²) >= 11 is 5.83. The zero-order chi connectivity index (χ0) is 16.9. The van der Waals surface area contributed by atoms with Crippen molar-refractivity contribution in [2.75, 3.05) is 23.5 Å². The number of methoxy groups -OCH3 is 1. The summed E-state index contributed by atoms with van der Waals surface area (Å²) in [5, 5.41) is 6.73. The van der Waals surface area contributed by atoms with Crippen LogP contribution in [0.4, 0.5) is 28.8 Å². The maximum atomic E-state index is 6.16. The Hall–Kier alpha value is -3.06. The Morgan fingerprint density at radius 2 is 1.75 bits per heavy atom. The third-order valence-electron chi connectivity index (χ3n) is 3.22. The Morgan fingerprint density at radius 1 is 1.00 bits per heavy atom. The summed E-state index contributed by atoms with van der Waals surface area (Å²) in [4.78, 5) is 12.5. The van der Waals surface area contributed by atoms with E-state index in [9.17, 15) is 0 Å². The van der Waals surface area contributed by atoms with E-state index in [0.717, 1.165) is 5.69 Å². The molecule has 0 spiro atoms. The first-order chi connectivity index (χ1) is 11.7. The van der Waals surface area contributed by atoms with E-state index >= 15 is 0 Å². The van der Waals surface area contributed by atoms with Crippen LogP contribution >= 0.6 is 11.6 Å². The van der Waals surface area contributed by atoms with Gasteiger partial charge in [0.05, 0.1) is 17.8 Å². The van der Waals surface area contributed by atoms with Crippen molar-refractivity contribution in [1.82, 2.24) is 15.0 Å². The Labute approximate surface area is 143 Å². The maximum absolute atomic E-state index is 6.16. The molecule has 3 rings (SSSR count). The number of anilines is 5. The van der Waals surface area contributed by atoms with Gasteiger partial charge in [-0.05, 0) is 24.3 Å². The lowest BCUT2D eigenvalue weighted by Gasteiger charge is -2.14. The Balaban J connectivity index is 1.86. The zero-order valence-electron chi connectivity index (χ0n) is 12.8. The summed E-state index contributed by atoms with van der Waals surface area (Å²) in [7, 11) is 1.60. The average molecular weight is 343 g/mol. The van der Waals surface area contributed by atoms with Gasteiger partial charge in [-0.3, -0.25) is 0 Å². The standard InChI is InChI=1S/C16H15ClN6O/c1-24-12-5-3-2-4-11(12)22-15-14(18)16(21-9-20-15)23-13-7-6-10(17)8-19-13/h2-9H,18H2,1H3,(H2,19,20,21,22,23). The quantitative estimate of drug-likeness (QED) is 0.651. The summed E-state index contributed by atoms with van der Waals surface area (Å²) in [6.07, 6.45) is 2.95. The highest BCUT2D eigenvalue weighted by atomic mass is 35.5. The van der Waals surface area contributed by atoms with E-state index in [4.69, 9.17) is 22.1 Å². The number of hydrogen-bond acceptors (Lipinski definition) is 7. The molecule has 0 atom stereocenters. The predicted molar refractivity (Wildman–Crippen MR) is 95.3 cm³/mol. The fourth-order valence-corrected chi connectivity index (χ4v) is 2.15. The van der Waals surface area contributed by atoms with Crippen LogP contribution in [0.5, 0.6) is 5.75 Å². The van der Waals surface area contributed by atoms with Crippen LogP contribution in [-0.4, -0.2) is 22.1 Å². The fourth-order valence-electron chi connectivity index (χ4n) is 2.04. The van der Waals surface area contributed by atoms with Crippen molar-refractivity contribution in [3.8, 4) is 5.75 Å². The monoisotopic (exact) mass is 342 g/mol. The number of nitrogens with zero attached hydrogens (tertiary/aromatic N) is 3. The summed E-state index contributed by atoms with van der Waals surface area (Å²) in [5.41, 5.74) is 7.27. The number of ether oxygens (including phenoxy) is 1. The van der Waals surface area contributed by atoms with E-state index in [1.54, 1.807) is 19.2 Å². The van der Waals surface area contributed by atoms with Gasteiger partial charge >= 0.3 is 0 Å². The Morgan fingerprint density at radius 3 is 2.46 bits per heavy atom. The molecular weight excluding hydrogens is 328 g/mol. The molecule has 0 amide bonds. The summed E-state index contributed by atoms with van der Waals surface area (Å²) in [6, 6.07) is 10.9. The van der Waals surface area contributed by atoms with Crippen LogP contribution in [0.3, 0.4) is 0 Å². The van der Waals surface area contributed by atoms with Crippen LogP contribution in [0.1, 0.15) is 0 Å². The van der Waals surface area contributed by atoms with Crippen molar-refractivity contribution >= 4 is 40.4 Å². The fraction of sp³-hybridized carbons (Fsp3) is 0.0625. The van der Waals surface area contributed by atoms with Crippen LogP contribution in [0.2, 0.25) is 5.02 Å². The molecule has 0 fully saturated rings. The topological polar surface area (TPSA) is 98.0 Å². The van der Waals surface area contributed by atoms with Crippen LogP contribution in [-0.2, 0) is 0 Å². The van der Waals surface area contributed by atoms with Gasteiger partial charge in [-0.1, -0.05) is 23.7 Å². The van der Waals surface area contributed by atoms with Crippen molar-refractivity contribution in [1.29, 1.82) is 0 Å². The lowest BCUT2D eigenvalue weighted by atomic mass is 10.3. The molecule has 0 aliphatic carbocycles. The van der Waals surface area contributed by atoms with Gasteiger partial charge in [-0.15, -0.1) is 0 Å². The molecule has 3 aromatic rings. The smallest absolute Gasteiger partial charge is 0.160 e. The van der Waals surface area contributed by atoms with Crippen LogP contribution < -0.4 is 21.1 Å². The van der Waals surface area contributed by atoms with Crippen LogP contribution in [0.25, 0.3) is 0 Å². The number of benzene rings is 1. The number of para-hydroxylation sites is 2. The highest BCUT2D eigenvalue weighted by Gasteiger charge is 2.11. The van der Waals surface area contributed by atoms with E-state index in [1.807, 2.05) is 24.3 Å². The van der Waals surface area contributed by atoms with E-state index < -0.39 is 0 Å². The molecule has 0 radical (unpaired) electrons. The number of halogens is 1. The largest absolute Gasteiger partial charge is 0.495 e. The van der Waals surface area contributed by atoms with Gasteiger partial charge in [0.25, 0.3) is 0 Å². The minimum Gasteiger partial charge on any atom is -0.495 e. The molecule has 7 nitrogen and oxygen atoms in total. The van der Waals surface area contributed by atoms with Crippen molar-refractivity contribution in [3.05, 3.63) is 53.9 Å². The third kappa shape index (κ3) is 3.47. The normalized spacial score (nSPS) is 10.2. The second-order valence-corrected chi connectivity index (χ2v) is 5.23. The molecule has 2 aromatic heterocycles. The van der Waals surface area contributed by atoms with Crippen LogP contribution in [0, 0.1) is 0 Å². The molecule has 0 bridgehead atoms. The van der Waals surface area contributed by atoms with Crippen molar-refractivity contribution < 1.29 is 4.74 Å². The van der Waals surface area contributed by atoms with Gasteiger partial charge < -0.3 is 21.1 Å². The summed E-state index contributed by atoms with van der Waals surface area (Å²) in [5.74, 6) is 2.17. The molecule has 0 saturated heterocycles. The molecule has 0 aliphatic heterocycles. The first kappa shape index (κ1) is 15.8. The van der Waals surface area contributed by atoms with Crippen molar-refractivity contribution in [2.24, 2.45) is 0 Å². The number of nitrogens with two attached hydrogens (primary N) is 1. The molecule has 2 heterocycles. The Bertz CT molecular complexity index is 840. The lowest BCUT2D eigenvalue weighted by molar-refractivity contribution is 0.417. The first-order valence-electron chi connectivity index (χ1n) is 7.06. The SMILES string of the molecule is COc1ccccc1Nc1ncnc(Nc2ccc(Cl)cn2)c1N. The Kier molecular flexibility index (Phi) is 4.62. The number of nitrogen functional groups attached to an aromatic ring is 1. The highest BCUT2D eigenvalue weighted by molar-refractivity contribution is 6.30. The number of hydrogen-bond donors (Lipinski definition) is 3. The van der Waals surface area contributed by atoms with Crippen LogP contribution in [0.15, 0.2) is 48.9 Å². The second kappa shape index (κ2) is 7.01. The third-order valence-corrected chi connectivity index (χ3v) is 3.44. The summed E-state index contributed by atoms with van der Waals surface area (Å²) in [6.45, 7) is 0. The predicted octanol–water partition coefficient (Wildman–Crippen LogP) is 3.60. The molecule has 0 aliphatic rings. The van der Waals surface area contributed by atoms with Gasteiger partial charge in [-0.25, -0.2) is 15.0 Å². The highest BCUT2D eigenvalue weighted by Crippen LogP contribution is 2.31. The van der Waals surface area contributed by atoms with Crippen molar-refractivity contribution in [3.63, 3.8) is 0 Å². The minimum absolute atomic E-state index is 0.361. The lowest BCUT2D eigenvalue weighted by Crippen LogP contribution is -2.06. The maximum Gasteiger partial charge on any atom is 0.160 e. The summed E-state index contributed by atoms with van der Waals surface area (Å²) < 4.78 is 5.31. The van der Waals surface area contributed by atoms with Gasteiger partial charge in [0.2, 0.25) is 0 Å². The minimum atomic E-state index is 0.361.